The molecule has 0 spiro atoms. The molecule has 4 atom stereocenters. The van der Waals surface area contributed by atoms with Crippen LogP contribution in [0, 0.1) is 11.8 Å². The molecule has 1 aromatic carbocycles. The van der Waals surface area contributed by atoms with Crippen LogP contribution in [0.3, 0.4) is 0 Å². The number of hydrogen-bond acceptors (Lipinski definition) is 5. The van der Waals surface area contributed by atoms with Crippen molar-refractivity contribution in [3.05, 3.63) is 23.8 Å². The number of esters is 1. The number of carbonyl (C=O) groups is 2. The Kier molecular flexibility index (Phi) is 7.38. The van der Waals surface area contributed by atoms with Gasteiger partial charge in [-0.1, -0.05) is 26.7 Å². The van der Waals surface area contributed by atoms with Gasteiger partial charge in [0.25, 0.3) is 5.91 Å². The van der Waals surface area contributed by atoms with E-state index in [0.29, 0.717) is 23.1 Å². The van der Waals surface area contributed by atoms with Crippen LogP contribution in [0.1, 0.15) is 50.4 Å². The first-order valence-electron chi connectivity index (χ1n) is 9.10. The van der Waals surface area contributed by atoms with Gasteiger partial charge in [-0.25, -0.2) is 4.79 Å². The lowest BCUT2D eigenvalue weighted by Crippen LogP contribution is -2.47. The summed E-state index contributed by atoms with van der Waals surface area (Å²) < 4.78 is 10.7. The van der Waals surface area contributed by atoms with E-state index in [9.17, 15) is 9.59 Å². The largest absolute Gasteiger partial charge is 0.496 e. The smallest absolute Gasteiger partial charge is 0.342 e. The molecule has 6 heteroatoms. The van der Waals surface area contributed by atoms with Gasteiger partial charge in [0.05, 0.1) is 7.11 Å². The normalized spacial score (nSPS) is 23.8. The third kappa shape index (κ3) is 4.93. The van der Waals surface area contributed by atoms with Gasteiger partial charge in [0.15, 0.2) is 6.10 Å². The summed E-state index contributed by atoms with van der Waals surface area (Å²) in [6, 6.07) is 5.43. The van der Waals surface area contributed by atoms with Gasteiger partial charge in [-0.05, 0) is 49.6 Å². The van der Waals surface area contributed by atoms with Crippen LogP contribution in [0.5, 0.6) is 5.75 Å². The molecule has 0 aliphatic heterocycles. The first kappa shape index (κ1) is 20.6. The summed E-state index contributed by atoms with van der Waals surface area (Å²) >= 11 is 1.56. The predicted octanol–water partition coefficient (Wildman–Crippen LogP) is 3.90. The molecule has 2 rings (SSSR count). The summed E-state index contributed by atoms with van der Waals surface area (Å²) in [7, 11) is 1.51. The molecule has 5 nitrogen and oxygen atoms in total. The monoisotopic (exact) mass is 379 g/mol. The standard InChI is InChI=1S/C20H29NO4S/c1-12-7-6-8-17(13(12)2)21-19(22)14(3)25-20(23)16-10-9-15(26-5)11-18(16)24-4/h9-14,17H,6-8H2,1-5H3,(H,21,22)/t12-,13+,14+,17-/m0/s1. The lowest BCUT2D eigenvalue weighted by atomic mass is 9.78. The number of benzene rings is 1. The number of methoxy groups -OCH3 is 1. The highest BCUT2D eigenvalue weighted by Gasteiger charge is 2.30. The number of ether oxygens (including phenoxy) is 2. The van der Waals surface area contributed by atoms with Gasteiger partial charge in [-0.2, -0.15) is 0 Å². The van der Waals surface area contributed by atoms with Gasteiger partial charge in [-0.15, -0.1) is 11.8 Å². The Morgan fingerprint density at radius 3 is 2.65 bits per heavy atom. The molecule has 144 valence electrons. The first-order valence-corrected chi connectivity index (χ1v) is 10.3. The van der Waals surface area contributed by atoms with Crippen LogP contribution in [0.2, 0.25) is 0 Å². The summed E-state index contributed by atoms with van der Waals surface area (Å²) in [6.07, 6.45) is 4.39. The van der Waals surface area contributed by atoms with Gasteiger partial charge in [0.2, 0.25) is 0 Å². The molecule has 0 radical (unpaired) electrons. The molecule has 1 N–H and O–H groups in total. The number of amides is 1. The molecule has 1 amide bonds. The molecule has 1 fully saturated rings. The molecule has 1 saturated carbocycles. The Hall–Kier alpha value is -1.69. The molecular formula is C20H29NO4S. The molecule has 0 bridgehead atoms. The molecule has 1 aliphatic rings. The lowest BCUT2D eigenvalue weighted by Gasteiger charge is -2.35. The summed E-state index contributed by atoms with van der Waals surface area (Å²) in [5.41, 5.74) is 0.324. The minimum atomic E-state index is -0.850. The van der Waals surface area contributed by atoms with E-state index in [2.05, 4.69) is 19.2 Å². The number of carbonyl (C=O) groups excluding carboxylic acids is 2. The summed E-state index contributed by atoms with van der Waals surface area (Å²) in [4.78, 5) is 25.9. The van der Waals surface area contributed by atoms with Gasteiger partial charge < -0.3 is 14.8 Å². The van der Waals surface area contributed by atoms with Crippen molar-refractivity contribution >= 4 is 23.6 Å². The van der Waals surface area contributed by atoms with Crippen molar-refractivity contribution in [1.82, 2.24) is 5.32 Å². The zero-order chi connectivity index (χ0) is 19.3. The Morgan fingerprint density at radius 1 is 1.27 bits per heavy atom. The van der Waals surface area contributed by atoms with Crippen molar-refractivity contribution in [2.75, 3.05) is 13.4 Å². The molecule has 1 aliphatic carbocycles. The molecule has 0 unspecified atom stereocenters. The van der Waals surface area contributed by atoms with Crippen LogP contribution in [0.25, 0.3) is 0 Å². The van der Waals surface area contributed by atoms with Crippen molar-refractivity contribution in [3.63, 3.8) is 0 Å². The van der Waals surface area contributed by atoms with E-state index in [1.807, 2.05) is 12.3 Å². The minimum Gasteiger partial charge on any atom is -0.496 e. The third-order valence-electron chi connectivity index (χ3n) is 5.32. The number of hydrogen-bond donors (Lipinski definition) is 1. The van der Waals surface area contributed by atoms with Crippen molar-refractivity contribution in [1.29, 1.82) is 0 Å². The highest BCUT2D eigenvalue weighted by Crippen LogP contribution is 2.30. The second-order valence-corrected chi connectivity index (χ2v) is 7.88. The molecule has 1 aromatic rings. The Balaban J connectivity index is 1.99. The van der Waals surface area contributed by atoms with Crippen LogP contribution in [0.4, 0.5) is 0 Å². The van der Waals surface area contributed by atoms with Crippen LogP contribution in [-0.2, 0) is 9.53 Å². The van der Waals surface area contributed by atoms with Crippen molar-refractivity contribution in [3.8, 4) is 5.75 Å². The van der Waals surface area contributed by atoms with E-state index < -0.39 is 12.1 Å². The van der Waals surface area contributed by atoms with Crippen molar-refractivity contribution in [2.24, 2.45) is 11.8 Å². The molecular weight excluding hydrogens is 350 g/mol. The van der Waals surface area contributed by atoms with Gasteiger partial charge in [-0.3, -0.25) is 4.79 Å². The molecule has 0 saturated heterocycles. The van der Waals surface area contributed by atoms with E-state index in [4.69, 9.17) is 9.47 Å². The molecule has 0 aromatic heterocycles. The second kappa shape index (κ2) is 9.31. The first-order chi connectivity index (χ1) is 12.4. The van der Waals surface area contributed by atoms with E-state index in [-0.39, 0.29) is 11.9 Å². The predicted molar refractivity (Wildman–Crippen MR) is 104 cm³/mol. The number of thioether (sulfide) groups is 1. The van der Waals surface area contributed by atoms with E-state index >= 15 is 0 Å². The highest BCUT2D eigenvalue weighted by atomic mass is 32.2. The van der Waals surface area contributed by atoms with E-state index in [0.717, 1.165) is 17.7 Å². The van der Waals surface area contributed by atoms with E-state index in [1.54, 1.807) is 30.8 Å². The summed E-state index contributed by atoms with van der Waals surface area (Å²) in [6.45, 7) is 5.99. The molecule has 26 heavy (non-hydrogen) atoms. The molecule has 0 heterocycles. The average molecular weight is 380 g/mol. The fraction of sp³-hybridized carbons (Fsp3) is 0.600. The Bertz CT molecular complexity index is 649. The van der Waals surface area contributed by atoms with Gasteiger partial charge in [0, 0.05) is 10.9 Å². The summed E-state index contributed by atoms with van der Waals surface area (Å²) in [5.74, 6) is 0.663. The SMILES string of the molecule is COc1cc(SC)ccc1C(=O)O[C@H](C)C(=O)N[C@H]1CCC[C@H](C)[C@H]1C. The second-order valence-electron chi connectivity index (χ2n) is 7.00. The maximum atomic E-state index is 12.5. The Morgan fingerprint density at radius 2 is 2.00 bits per heavy atom. The van der Waals surface area contributed by atoms with Gasteiger partial charge >= 0.3 is 5.97 Å². The maximum absolute atomic E-state index is 12.5. The quantitative estimate of drug-likeness (QED) is 0.600. The van der Waals surface area contributed by atoms with Crippen molar-refractivity contribution < 1.29 is 19.1 Å². The van der Waals surface area contributed by atoms with Crippen LogP contribution in [-0.4, -0.2) is 37.4 Å². The van der Waals surface area contributed by atoms with E-state index in [1.165, 1.54) is 13.5 Å². The zero-order valence-corrected chi connectivity index (χ0v) is 17.0. The average Bonchev–Trinajstić information content (AvgIpc) is 2.64. The number of nitrogens with one attached hydrogen (secondary N) is 1. The highest BCUT2D eigenvalue weighted by molar-refractivity contribution is 7.98. The third-order valence-corrected chi connectivity index (χ3v) is 6.04. The Labute approximate surface area is 160 Å². The zero-order valence-electron chi connectivity index (χ0n) is 16.2. The van der Waals surface area contributed by atoms with Crippen molar-refractivity contribution in [2.45, 2.75) is 57.1 Å². The summed E-state index contributed by atoms with van der Waals surface area (Å²) in [5, 5.41) is 3.05. The maximum Gasteiger partial charge on any atom is 0.342 e. The minimum absolute atomic E-state index is 0.141. The fourth-order valence-electron chi connectivity index (χ4n) is 3.33. The lowest BCUT2D eigenvalue weighted by molar-refractivity contribution is -0.130. The van der Waals surface area contributed by atoms with Gasteiger partial charge in [0.1, 0.15) is 11.3 Å². The topological polar surface area (TPSA) is 64.6 Å². The van der Waals surface area contributed by atoms with Crippen LogP contribution >= 0.6 is 11.8 Å². The van der Waals surface area contributed by atoms with Crippen LogP contribution < -0.4 is 10.1 Å². The van der Waals surface area contributed by atoms with Crippen LogP contribution in [0.15, 0.2) is 23.1 Å². The number of rotatable bonds is 6. The fourth-order valence-corrected chi connectivity index (χ4v) is 3.76.